The highest BCUT2D eigenvalue weighted by atomic mass is 16.5. The lowest BCUT2D eigenvalue weighted by Crippen LogP contribution is -2.04. The summed E-state index contributed by atoms with van der Waals surface area (Å²) in [4.78, 5) is 14.7. The lowest BCUT2D eigenvalue weighted by Gasteiger charge is -2.11. The predicted molar refractivity (Wildman–Crippen MR) is 149 cm³/mol. The molecule has 0 unspecified atom stereocenters. The van der Waals surface area contributed by atoms with E-state index in [1.165, 1.54) is 0 Å². The second kappa shape index (κ2) is 9.92. The number of ether oxygens (including phenoxy) is 1. The summed E-state index contributed by atoms with van der Waals surface area (Å²) in [6, 6.07) is 27.9. The van der Waals surface area contributed by atoms with E-state index in [1.54, 1.807) is 18.4 Å². The molecule has 0 aliphatic carbocycles. The van der Waals surface area contributed by atoms with Crippen molar-refractivity contribution in [2.75, 3.05) is 0 Å². The molecule has 188 valence electrons. The van der Waals surface area contributed by atoms with Gasteiger partial charge in [-0.2, -0.15) is 0 Å². The Hall–Kier alpha value is -4.81. The normalized spacial score (nSPS) is 11.3. The van der Waals surface area contributed by atoms with E-state index in [-0.39, 0.29) is 13.0 Å². The molecule has 6 nitrogen and oxygen atoms in total. The fourth-order valence-electron chi connectivity index (χ4n) is 4.95. The summed E-state index contributed by atoms with van der Waals surface area (Å²) in [5.41, 5.74) is 14.5. The highest BCUT2D eigenvalue weighted by molar-refractivity contribution is 6.05. The van der Waals surface area contributed by atoms with Gasteiger partial charge in [0, 0.05) is 51.3 Å². The molecule has 0 aliphatic rings. The fourth-order valence-corrected chi connectivity index (χ4v) is 4.95. The van der Waals surface area contributed by atoms with E-state index in [4.69, 9.17) is 14.9 Å². The average molecular weight is 503 g/mol. The number of carboxylic acid groups (broad SMARTS) is 1. The van der Waals surface area contributed by atoms with Gasteiger partial charge in [0.05, 0.1) is 12.7 Å². The summed E-state index contributed by atoms with van der Waals surface area (Å²) in [6.45, 7) is 0.704. The molecule has 2 heterocycles. The number of carboxylic acids is 1. The van der Waals surface area contributed by atoms with Gasteiger partial charge in [0.15, 0.2) is 0 Å². The summed E-state index contributed by atoms with van der Waals surface area (Å²) in [7, 11) is 0. The number of nitrogens with one attached hydrogen (secondary N) is 1. The number of hydrogen-bond donors (Lipinski definition) is 3. The molecule has 0 spiro atoms. The van der Waals surface area contributed by atoms with Crippen LogP contribution in [0.25, 0.3) is 44.1 Å². The Morgan fingerprint density at radius 2 is 1.71 bits per heavy atom. The molecule has 0 aliphatic heterocycles. The molecule has 4 N–H and O–H groups in total. The van der Waals surface area contributed by atoms with Crippen LogP contribution in [0.15, 0.2) is 102 Å². The van der Waals surface area contributed by atoms with Crippen LogP contribution in [-0.2, 0) is 24.4 Å². The molecule has 2 aromatic heterocycles. The van der Waals surface area contributed by atoms with E-state index in [9.17, 15) is 9.90 Å². The first-order valence-electron chi connectivity index (χ1n) is 12.4. The Labute approximate surface area is 219 Å². The van der Waals surface area contributed by atoms with Gasteiger partial charge in [-0.1, -0.05) is 54.6 Å². The zero-order chi connectivity index (χ0) is 26.1. The van der Waals surface area contributed by atoms with Gasteiger partial charge >= 0.3 is 5.97 Å². The molecule has 6 heteroatoms. The maximum atomic E-state index is 11.3. The van der Waals surface area contributed by atoms with Gasteiger partial charge < -0.3 is 25.0 Å². The molecular weight excluding hydrogens is 476 g/mol. The quantitative estimate of drug-likeness (QED) is 0.210. The van der Waals surface area contributed by atoms with Crippen LogP contribution in [0, 0.1) is 0 Å². The molecule has 0 atom stereocenters. The molecule has 6 rings (SSSR count). The summed E-state index contributed by atoms with van der Waals surface area (Å²) < 4.78 is 12.3. The Morgan fingerprint density at radius 1 is 0.868 bits per heavy atom. The van der Waals surface area contributed by atoms with Crippen molar-refractivity contribution in [3.63, 3.8) is 0 Å². The van der Waals surface area contributed by atoms with Crippen LogP contribution in [0.2, 0.25) is 0 Å². The topological polar surface area (TPSA) is 101 Å². The van der Waals surface area contributed by atoms with Crippen LogP contribution in [0.3, 0.4) is 0 Å². The predicted octanol–water partition coefficient (Wildman–Crippen LogP) is 6.91. The van der Waals surface area contributed by atoms with E-state index < -0.39 is 5.97 Å². The van der Waals surface area contributed by atoms with E-state index >= 15 is 0 Å². The van der Waals surface area contributed by atoms with Gasteiger partial charge in [0.1, 0.15) is 17.9 Å². The molecule has 0 saturated carbocycles. The Kier molecular flexibility index (Phi) is 6.15. The Morgan fingerprint density at radius 3 is 2.58 bits per heavy atom. The summed E-state index contributed by atoms with van der Waals surface area (Å²) in [5.74, 6) is -0.351. The number of furan rings is 1. The number of nitrogens with two attached hydrogens (primary N) is 1. The highest BCUT2D eigenvalue weighted by Crippen LogP contribution is 2.40. The first-order valence-corrected chi connectivity index (χ1v) is 12.4. The number of carbonyl (C=O) groups is 1. The van der Waals surface area contributed by atoms with Crippen LogP contribution < -0.4 is 10.5 Å². The van der Waals surface area contributed by atoms with Gasteiger partial charge in [0.25, 0.3) is 0 Å². The second-order valence-electron chi connectivity index (χ2n) is 9.28. The van der Waals surface area contributed by atoms with Crippen LogP contribution in [0.1, 0.15) is 16.7 Å². The third kappa shape index (κ3) is 4.42. The van der Waals surface area contributed by atoms with Crippen molar-refractivity contribution < 1.29 is 19.1 Å². The van der Waals surface area contributed by atoms with Crippen LogP contribution in [-0.4, -0.2) is 16.1 Å². The zero-order valence-corrected chi connectivity index (χ0v) is 20.6. The average Bonchev–Trinajstić information content (AvgIpc) is 3.56. The van der Waals surface area contributed by atoms with E-state index in [0.717, 1.165) is 55.3 Å². The number of para-hydroxylation sites is 2. The maximum Gasteiger partial charge on any atom is 0.307 e. The van der Waals surface area contributed by atoms with Crippen LogP contribution >= 0.6 is 0 Å². The van der Waals surface area contributed by atoms with Crippen molar-refractivity contribution in [3.05, 3.63) is 114 Å². The number of aromatic amines is 1. The summed E-state index contributed by atoms with van der Waals surface area (Å²) >= 11 is 0. The Balaban J connectivity index is 1.47. The standard InChI is InChI=1S/C32H26N2O4/c33-16-20-6-5-8-21(12-20)23-13-26-24(18-37-30-11-4-1-7-22(30)15-31(35)36)19-38-32(26)27(14-23)28-17-34-29-10-3-2-9-25(28)29/h1-14,17,19,34H,15-16,18,33H2,(H,35,36). The van der Waals surface area contributed by atoms with Gasteiger partial charge in [0.2, 0.25) is 0 Å². The number of aromatic nitrogens is 1. The molecule has 38 heavy (non-hydrogen) atoms. The van der Waals surface area contributed by atoms with Crippen molar-refractivity contribution in [1.82, 2.24) is 4.98 Å². The van der Waals surface area contributed by atoms with Crippen LogP contribution in [0.5, 0.6) is 5.75 Å². The largest absolute Gasteiger partial charge is 0.488 e. The molecule has 0 bridgehead atoms. The van der Waals surface area contributed by atoms with E-state index in [1.807, 2.05) is 42.6 Å². The summed E-state index contributed by atoms with van der Waals surface area (Å²) in [5, 5.41) is 11.3. The first-order chi connectivity index (χ1) is 18.6. The molecule has 0 fully saturated rings. The van der Waals surface area contributed by atoms with Crippen molar-refractivity contribution in [2.24, 2.45) is 5.73 Å². The fraction of sp³-hybridized carbons (Fsp3) is 0.0938. The lowest BCUT2D eigenvalue weighted by atomic mass is 9.94. The van der Waals surface area contributed by atoms with Crippen molar-refractivity contribution in [2.45, 2.75) is 19.6 Å². The first kappa shape index (κ1) is 23.6. The van der Waals surface area contributed by atoms with Crippen molar-refractivity contribution >= 4 is 27.8 Å². The molecular formula is C32H26N2O4. The number of fused-ring (bicyclic) bond motifs is 2. The highest BCUT2D eigenvalue weighted by Gasteiger charge is 2.18. The van der Waals surface area contributed by atoms with Gasteiger partial charge in [-0.25, -0.2) is 0 Å². The van der Waals surface area contributed by atoms with Crippen molar-refractivity contribution in [3.8, 4) is 28.0 Å². The molecule has 0 radical (unpaired) electrons. The van der Waals surface area contributed by atoms with E-state index in [0.29, 0.717) is 17.9 Å². The third-order valence-corrected chi connectivity index (χ3v) is 6.83. The molecule has 0 saturated heterocycles. The zero-order valence-electron chi connectivity index (χ0n) is 20.6. The minimum absolute atomic E-state index is 0.103. The van der Waals surface area contributed by atoms with Gasteiger partial charge in [-0.15, -0.1) is 0 Å². The Bertz CT molecular complexity index is 1780. The monoisotopic (exact) mass is 502 g/mol. The summed E-state index contributed by atoms with van der Waals surface area (Å²) in [6.07, 6.45) is 3.64. The maximum absolute atomic E-state index is 11.3. The van der Waals surface area contributed by atoms with E-state index in [2.05, 4.69) is 41.4 Å². The third-order valence-electron chi connectivity index (χ3n) is 6.83. The lowest BCUT2D eigenvalue weighted by molar-refractivity contribution is -0.136. The van der Waals surface area contributed by atoms with Gasteiger partial charge in [-0.05, 0) is 47.0 Å². The molecule has 6 aromatic rings. The number of aliphatic carboxylic acids is 1. The number of H-pyrrole nitrogens is 1. The minimum atomic E-state index is -0.900. The second-order valence-corrected chi connectivity index (χ2v) is 9.28. The number of hydrogen-bond acceptors (Lipinski definition) is 4. The van der Waals surface area contributed by atoms with Crippen molar-refractivity contribution in [1.29, 1.82) is 0 Å². The number of benzene rings is 4. The minimum Gasteiger partial charge on any atom is -0.488 e. The van der Waals surface area contributed by atoms with Crippen LogP contribution in [0.4, 0.5) is 0 Å². The number of rotatable bonds is 8. The molecule has 4 aromatic carbocycles. The smallest absolute Gasteiger partial charge is 0.307 e. The van der Waals surface area contributed by atoms with Gasteiger partial charge in [-0.3, -0.25) is 4.79 Å². The SMILES string of the molecule is NCc1cccc(-c2cc(-c3c[nH]c4ccccc34)c3occ(COc4ccccc4CC(=O)O)c3c2)c1. The molecule has 0 amide bonds.